The summed E-state index contributed by atoms with van der Waals surface area (Å²) in [5.74, 6) is 0.329. The van der Waals surface area contributed by atoms with Crippen molar-refractivity contribution in [1.82, 2.24) is 0 Å². The Bertz CT molecular complexity index is 329. The second kappa shape index (κ2) is 13.8. The zero-order valence-electron chi connectivity index (χ0n) is 16.3. The molecule has 0 spiro atoms. The van der Waals surface area contributed by atoms with Gasteiger partial charge in [0.1, 0.15) is 5.75 Å². The molecule has 0 fully saturated rings. The molecule has 0 aliphatic carbocycles. The smallest absolute Gasteiger partial charge is 0.115 e. The van der Waals surface area contributed by atoms with Crippen LogP contribution in [0.2, 0.25) is 0 Å². The molecule has 1 N–H and O–H groups in total. The van der Waals surface area contributed by atoms with Crippen LogP contribution in [0.4, 0.5) is 0 Å². The first-order valence-electron chi connectivity index (χ1n) is 9.64. The number of hydrogen-bond acceptors (Lipinski definition) is 1. The maximum absolute atomic E-state index is 8.76. The Kier molecular flexibility index (Phi) is 13.5. The molecule has 0 atom stereocenters. The molecule has 0 aromatic heterocycles. The zero-order chi connectivity index (χ0) is 17.6. The van der Waals surface area contributed by atoms with E-state index < -0.39 is 7.26 Å². The summed E-state index contributed by atoms with van der Waals surface area (Å²) < 4.78 is 0. The third kappa shape index (κ3) is 10.8. The average Bonchev–Trinajstić information content (AvgIpc) is 2.58. The van der Waals surface area contributed by atoms with Crippen LogP contribution in [-0.4, -0.2) is 29.8 Å². The van der Waals surface area contributed by atoms with Gasteiger partial charge in [0.2, 0.25) is 0 Å². The topological polar surface area (TPSA) is 20.2 Å². The van der Waals surface area contributed by atoms with Crippen LogP contribution in [0.25, 0.3) is 0 Å². The van der Waals surface area contributed by atoms with Gasteiger partial charge in [0, 0.05) is 7.26 Å². The molecule has 1 nitrogen and oxygen atoms in total. The Morgan fingerprint density at radius 3 is 1.39 bits per heavy atom. The van der Waals surface area contributed by atoms with Gasteiger partial charge < -0.3 is 5.11 Å². The molecular formula is C21H40OP+. The predicted octanol–water partition coefficient (Wildman–Crippen LogP) is 7.12. The summed E-state index contributed by atoms with van der Waals surface area (Å²) in [7, 11) is -0.527. The fraction of sp³-hybridized carbons (Fsp3) is 0.714. The van der Waals surface area contributed by atoms with Gasteiger partial charge >= 0.3 is 0 Å². The summed E-state index contributed by atoms with van der Waals surface area (Å²) in [5, 5.41) is 8.76. The highest BCUT2D eigenvalue weighted by molar-refractivity contribution is 7.75. The maximum atomic E-state index is 8.76. The van der Waals surface area contributed by atoms with Gasteiger partial charge in [0.05, 0.1) is 24.6 Å². The molecule has 0 saturated heterocycles. The summed E-state index contributed by atoms with van der Waals surface area (Å²) in [6, 6.07) is 7.09. The molecule has 1 aromatic carbocycles. The molecule has 134 valence electrons. The average molecular weight is 340 g/mol. The van der Waals surface area contributed by atoms with Gasteiger partial charge in [-0.25, -0.2) is 0 Å². The molecule has 0 saturated carbocycles. The number of rotatable bonds is 10. The molecule has 2 heteroatoms. The van der Waals surface area contributed by atoms with Crippen LogP contribution in [0, 0.1) is 6.92 Å². The lowest BCUT2D eigenvalue weighted by atomic mass is 10.2. The number of aryl methyl sites for hydroxylation is 1. The summed E-state index contributed by atoms with van der Waals surface area (Å²) in [6.07, 6.45) is 14.9. The van der Waals surface area contributed by atoms with Crippen molar-refractivity contribution in [3.8, 4) is 5.75 Å². The first kappa shape index (κ1) is 22.4. The van der Waals surface area contributed by atoms with Crippen molar-refractivity contribution in [2.45, 2.75) is 73.1 Å². The molecule has 0 bridgehead atoms. The third-order valence-corrected chi connectivity index (χ3v) is 9.80. The Hall–Kier alpha value is -0.550. The Morgan fingerprint density at radius 2 is 1.13 bits per heavy atom. The summed E-state index contributed by atoms with van der Waals surface area (Å²) in [5.41, 5.74) is 1.17. The van der Waals surface area contributed by atoms with Crippen molar-refractivity contribution in [2.24, 2.45) is 0 Å². The van der Waals surface area contributed by atoms with E-state index in [-0.39, 0.29) is 0 Å². The van der Waals surface area contributed by atoms with E-state index in [1.807, 2.05) is 19.1 Å². The largest absolute Gasteiger partial charge is 0.508 e. The highest BCUT2D eigenvalue weighted by Crippen LogP contribution is 2.60. The van der Waals surface area contributed by atoms with Crippen LogP contribution in [0.15, 0.2) is 24.3 Å². The van der Waals surface area contributed by atoms with Crippen molar-refractivity contribution < 1.29 is 5.11 Å². The van der Waals surface area contributed by atoms with Crippen LogP contribution in [0.5, 0.6) is 5.75 Å². The number of phenols is 1. The van der Waals surface area contributed by atoms with E-state index in [0.717, 1.165) is 0 Å². The quantitative estimate of drug-likeness (QED) is 0.450. The number of hydrogen-bond donors (Lipinski definition) is 1. The van der Waals surface area contributed by atoms with Crippen LogP contribution in [0.3, 0.4) is 0 Å². The molecule has 0 aliphatic heterocycles. The van der Waals surface area contributed by atoms with E-state index in [1.165, 1.54) is 50.3 Å². The SMILES string of the molecule is CCCC[P+](CC)(CCCC)CCCC.Cc1ccc(O)cc1. The Labute approximate surface area is 146 Å². The van der Waals surface area contributed by atoms with Gasteiger partial charge in [-0.2, -0.15) is 0 Å². The minimum absolute atomic E-state index is 0.329. The molecule has 1 rings (SSSR count). The fourth-order valence-electron chi connectivity index (χ4n) is 2.84. The Morgan fingerprint density at radius 1 is 0.739 bits per heavy atom. The van der Waals surface area contributed by atoms with Gasteiger partial charge in [-0.05, 0) is 45.2 Å². The maximum Gasteiger partial charge on any atom is 0.115 e. The lowest BCUT2D eigenvalue weighted by molar-refractivity contribution is 0.475. The normalized spacial score (nSPS) is 11.0. The molecule has 23 heavy (non-hydrogen) atoms. The van der Waals surface area contributed by atoms with Crippen molar-refractivity contribution in [3.05, 3.63) is 29.8 Å². The van der Waals surface area contributed by atoms with E-state index in [1.54, 1.807) is 30.6 Å². The van der Waals surface area contributed by atoms with Crippen molar-refractivity contribution in [2.75, 3.05) is 24.6 Å². The van der Waals surface area contributed by atoms with Gasteiger partial charge in [0.15, 0.2) is 0 Å². The van der Waals surface area contributed by atoms with Gasteiger partial charge in [0.25, 0.3) is 0 Å². The second-order valence-electron chi connectivity index (χ2n) is 6.72. The van der Waals surface area contributed by atoms with Gasteiger partial charge in [-0.3, -0.25) is 0 Å². The summed E-state index contributed by atoms with van der Waals surface area (Å²) in [4.78, 5) is 0. The number of benzene rings is 1. The van der Waals surface area contributed by atoms with Crippen molar-refractivity contribution in [1.29, 1.82) is 0 Å². The van der Waals surface area contributed by atoms with Crippen molar-refractivity contribution >= 4 is 7.26 Å². The molecule has 0 unspecified atom stereocenters. The first-order valence-corrected chi connectivity index (χ1v) is 12.2. The molecular weight excluding hydrogens is 299 g/mol. The van der Waals surface area contributed by atoms with Crippen LogP contribution < -0.4 is 0 Å². The lowest BCUT2D eigenvalue weighted by Gasteiger charge is -2.26. The van der Waals surface area contributed by atoms with Crippen LogP contribution >= 0.6 is 7.26 Å². The van der Waals surface area contributed by atoms with Crippen molar-refractivity contribution in [3.63, 3.8) is 0 Å². The van der Waals surface area contributed by atoms with E-state index in [2.05, 4.69) is 27.7 Å². The highest BCUT2D eigenvalue weighted by Gasteiger charge is 2.32. The van der Waals surface area contributed by atoms with Crippen LogP contribution in [0.1, 0.15) is 71.8 Å². The standard InChI is InChI=1S/C14H32P.C7H8O/c1-5-9-12-15(8-4,13-10-6-2)14-11-7-3;1-6-2-4-7(8)5-3-6/h5-14H2,1-4H3;2-5,8H,1H3/q+1;. The van der Waals surface area contributed by atoms with Gasteiger partial charge in [-0.1, -0.05) is 57.7 Å². The minimum Gasteiger partial charge on any atom is -0.508 e. The number of aromatic hydroxyl groups is 1. The zero-order valence-corrected chi connectivity index (χ0v) is 17.2. The highest BCUT2D eigenvalue weighted by atomic mass is 31.2. The summed E-state index contributed by atoms with van der Waals surface area (Å²) in [6.45, 7) is 11.5. The third-order valence-electron chi connectivity index (χ3n) is 4.66. The van der Waals surface area contributed by atoms with E-state index in [9.17, 15) is 0 Å². The molecule has 0 radical (unpaired) electrons. The van der Waals surface area contributed by atoms with Gasteiger partial charge in [-0.15, -0.1) is 0 Å². The fourth-order valence-corrected chi connectivity index (χ4v) is 7.42. The van der Waals surface area contributed by atoms with E-state index in [4.69, 9.17) is 5.11 Å². The minimum atomic E-state index is -0.527. The number of unbranched alkanes of at least 4 members (excludes halogenated alkanes) is 3. The second-order valence-corrected chi connectivity index (χ2v) is 11.4. The number of phenolic OH excluding ortho intramolecular Hbond substituents is 1. The van der Waals surface area contributed by atoms with E-state index in [0.29, 0.717) is 5.75 Å². The molecule has 0 heterocycles. The Balaban J connectivity index is 0.000000502. The van der Waals surface area contributed by atoms with Crippen LogP contribution in [-0.2, 0) is 0 Å². The lowest BCUT2D eigenvalue weighted by Crippen LogP contribution is -2.11. The first-order chi connectivity index (χ1) is 11.0. The molecule has 0 amide bonds. The predicted molar refractivity (Wildman–Crippen MR) is 110 cm³/mol. The molecule has 0 aliphatic rings. The summed E-state index contributed by atoms with van der Waals surface area (Å²) >= 11 is 0. The molecule has 1 aromatic rings. The van der Waals surface area contributed by atoms with E-state index >= 15 is 0 Å². The monoisotopic (exact) mass is 339 g/mol.